The molecule has 3 nitrogen and oxygen atoms in total. The van der Waals surface area contributed by atoms with Gasteiger partial charge in [0.2, 0.25) is 0 Å². The average Bonchev–Trinajstić information content (AvgIpc) is 2.47. The maximum absolute atomic E-state index is 4.67. The molecular weight excluding hydrogens is 246 g/mol. The van der Waals surface area contributed by atoms with Crippen LogP contribution in [0.4, 0.5) is 5.82 Å². The highest BCUT2D eigenvalue weighted by Gasteiger charge is 2.08. The van der Waals surface area contributed by atoms with Crippen molar-refractivity contribution in [3.8, 4) is 11.4 Å². The number of nitrogens with zero attached hydrogens (tertiary/aromatic N) is 2. The molecule has 0 aliphatic carbocycles. The van der Waals surface area contributed by atoms with Crippen molar-refractivity contribution in [1.29, 1.82) is 0 Å². The fourth-order valence-electron chi connectivity index (χ4n) is 2.26. The van der Waals surface area contributed by atoms with Gasteiger partial charge in [-0.3, -0.25) is 0 Å². The quantitative estimate of drug-likeness (QED) is 0.760. The topological polar surface area (TPSA) is 37.8 Å². The van der Waals surface area contributed by atoms with Gasteiger partial charge in [-0.15, -0.1) is 0 Å². The smallest absolute Gasteiger partial charge is 0.162 e. The van der Waals surface area contributed by atoms with Crippen molar-refractivity contribution in [1.82, 2.24) is 9.97 Å². The summed E-state index contributed by atoms with van der Waals surface area (Å²) in [6, 6.07) is 14.5. The molecule has 0 aliphatic heterocycles. The third-order valence-corrected chi connectivity index (χ3v) is 3.40. The van der Waals surface area contributed by atoms with E-state index in [-0.39, 0.29) is 0 Å². The number of hydrogen-bond acceptors (Lipinski definition) is 3. The molecule has 0 spiro atoms. The lowest BCUT2D eigenvalue weighted by molar-refractivity contribution is 1.21. The number of fused-ring (bicyclic) bond motifs is 1. The lowest BCUT2D eigenvalue weighted by atomic mass is 10.1. The van der Waals surface area contributed by atoms with Crippen molar-refractivity contribution >= 4 is 16.7 Å². The van der Waals surface area contributed by atoms with Crippen molar-refractivity contribution in [3.05, 3.63) is 53.6 Å². The number of hydrogen-bond donors (Lipinski definition) is 1. The van der Waals surface area contributed by atoms with Crippen molar-refractivity contribution in [2.45, 2.75) is 13.8 Å². The van der Waals surface area contributed by atoms with Gasteiger partial charge in [-0.2, -0.15) is 0 Å². The van der Waals surface area contributed by atoms with Crippen LogP contribution in [0.25, 0.3) is 22.3 Å². The minimum absolute atomic E-state index is 0.755. The van der Waals surface area contributed by atoms with Crippen molar-refractivity contribution < 1.29 is 0 Å². The summed E-state index contributed by atoms with van der Waals surface area (Å²) in [5.41, 5.74) is 4.44. The molecule has 3 rings (SSSR count). The van der Waals surface area contributed by atoms with Crippen LogP contribution in [0.2, 0.25) is 0 Å². The molecule has 1 aromatic heterocycles. The normalized spacial score (nSPS) is 10.8. The number of anilines is 1. The molecule has 0 radical (unpaired) electrons. The first-order valence-corrected chi connectivity index (χ1v) is 6.70. The summed E-state index contributed by atoms with van der Waals surface area (Å²) >= 11 is 0. The molecule has 0 unspecified atom stereocenters. The van der Waals surface area contributed by atoms with Crippen LogP contribution in [0.15, 0.2) is 42.5 Å². The number of benzene rings is 2. The average molecular weight is 263 g/mol. The molecule has 2 aromatic carbocycles. The zero-order chi connectivity index (χ0) is 14.1. The van der Waals surface area contributed by atoms with Crippen LogP contribution in [-0.2, 0) is 0 Å². The standard InChI is InChI=1S/C17H17N3/c1-11-4-7-13(8-5-11)16-19-15-9-6-12(2)10-14(15)17(18-3)20-16/h4-10H,1-3H3,(H,18,19,20). The van der Waals surface area contributed by atoms with E-state index in [2.05, 4.69) is 65.5 Å². The minimum atomic E-state index is 0.755. The van der Waals surface area contributed by atoms with E-state index in [9.17, 15) is 0 Å². The molecule has 3 heteroatoms. The predicted molar refractivity (Wildman–Crippen MR) is 84.0 cm³/mol. The summed E-state index contributed by atoms with van der Waals surface area (Å²) < 4.78 is 0. The largest absolute Gasteiger partial charge is 0.373 e. The first kappa shape index (κ1) is 12.6. The summed E-state index contributed by atoms with van der Waals surface area (Å²) in [6.07, 6.45) is 0. The van der Waals surface area contributed by atoms with Crippen molar-refractivity contribution in [3.63, 3.8) is 0 Å². The van der Waals surface area contributed by atoms with E-state index in [1.807, 2.05) is 13.1 Å². The molecule has 1 heterocycles. The molecule has 0 amide bonds. The van der Waals surface area contributed by atoms with Crippen molar-refractivity contribution in [2.24, 2.45) is 0 Å². The molecular formula is C17H17N3. The van der Waals surface area contributed by atoms with Crippen LogP contribution in [0.5, 0.6) is 0 Å². The number of aryl methyl sites for hydroxylation is 2. The second-order valence-corrected chi connectivity index (χ2v) is 5.03. The van der Waals surface area contributed by atoms with Crippen LogP contribution in [0, 0.1) is 13.8 Å². The van der Waals surface area contributed by atoms with Gasteiger partial charge < -0.3 is 5.32 Å². The van der Waals surface area contributed by atoms with Gasteiger partial charge >= 0.3 is 0 Å². The van der Waals surface area contributed by atoms with Gasteiger partial charge in [0.05, 0.1) is 5.52 Å². The maximum atomic E-state index is 4.67. The lowest BCUT2D eigenvalue weighted by Gasteiger charge is -2.09. The minimum Gasteiger partial charge on any atom is -0.373 e. The molecule has 0 saturated carbocycles. The van der Waals surface area contributed by atoms with E-state index < -0.39 is 0 Å². The fourth-order valence-corrected chi connectivity index (χ4v) is 2.26. The summed E-state index contributed by atoms with van der Waals surface area (Å²) in [4.78, 5) is 9.31. The predicted octanol–water partition coefficient (Wildman–Crippen LogP) is 3.96. The summed E-state index contributed by atoms with van der Waals surface area (Å²) in [7, 11) is 1.89. The third kappa shape index (κ3) is 2.23. The first-order valence-electron chi connectivity index (χ1n) is 6.70. The molecule has 0 saturated heterocycles. The highest BCUT2D eigenvalue weighted by molar-refractivity contribution is 5.91. The second kappa shape index (κ2) is 4.93. The molecule has 20 heavy (non-hydrogen) atoms. The van der Waals surface area contributed by atoms with Gasteiger partial charge in [0.1, 0.15) is 5.82 Å². The molecule has 3 aromatic rings. The summed E-state index contributed by atoms with van der Waals surface area (Å²) in [5, 5.41) is 4.23. The van der Waals surface area contributed by atoms with E-state index in [1.54, 1.807) is 0 Å². The van der Waals surface area contributed by atoms with E-state index in [4.69, 9.17) is 0 Å². The molecule has 0 aliphatic rings. The van der Waals surface area contributed by atoms with Crippen LogP contribution in [0.3, 0.4) is 0 Å². The Labute approximate surface area is 118 Å². The Kier molecular flexibility index (Phi) is 3.11. The zero-order valence-electron chi connectivity index (χ0n) is 11.9. The fraction of sp³-hybridized carbons (Fsp3) is 0.176. The highest BCUT2D eigenvalue weighted by atomic mass is 15.0. The van der Waals surface area contributed by atoms with Gasteiger partial charge in [-0.05, 0) is 26.0 Å². The SMILES string of the molecule is CNc1nc(-c2ccc(C)cc2)nc2ccc(C)cc12. The van der Waals surface area contributed by atoms with Gasteiger partial charge in [0.15, 0.2) is 5.82 Å². The number of rotatable bonds is 2. The molecule has 0 atom stereocenters. The van der Waals surface area contributed by atoms with Crippen LogP contribution < -0.4 is 5.32 Å². The first-order chi connectivity index (χ1) is 9.67. The Morgan fingerprint density at radius 1 is 0.850 bits per heavy atom. The summed E-state index contributed by atoms with van der Waals surface area (Å²) in [5.74, 6) is 1.62. The Morgan fingerprint density at radius 2 is 1.55 bits per heavy atom. The second-order valence-electron chi connectivity index (χ2n) is 5.03. The Balaban J connectivity index is 2.22. The molecule has 1 N–H and O–H groups in total. The van der Waals surface area contributed by atoms with E-state index in [1.165, 1.54) is 11.1 Å². The molecule has 0 fully saturated rings. The third-order valence-electron chi connectivity index (χ3n) is 3.40. The maximum Gasteiger partial charge on any atom is 0.162 e. The Morgan fingerprint density at radius 3 is 2.25 bits per heavy atom. The Hall–Kier alpha value is -2.42. The molecule has 100 valence electrons. The summed E-state index contributed by atoms with van der Waals surface area (Å²) in [6.45, 7) is 4.15. The van der Waals surface area contributed by atoms with Crippen LogP contribution in [0.1, 0.15) is 11.1 Å². The van der Waals surface area contributed by atoms with E-state index in [0.717, 1.165) is 28.1 Å². The van der Waals surface area contributed by atoms with Gasteiger partial charge in [0.25, 0.3) is 0 Å². The van der Waals surface area contributed by atoms with E-state index >= 15 is 0 Å². The Bertz CT molecular complexity index is 761. The van der Waals surface area contributed by atoms with Crippen LogP contribution in [-0.4, -0.2) is 17.0 Å². The van der Waals surface area contributed by atoms with Gasteiger partial charge in [0, 0.05) is 18.0 Å². The monoisotopic (exact) mass is 263 g/mol. The number of nitrogens with one attached hydrogen (secondary N) is 1. The van der Waals surface area contributed by atoms with Gasteiger partial charge in [-0.1, -0.05) is 41.5 Å². The van der Waals surface area contributed by atoms with Crippen molar-refractivity contribution in [2.75, 3.05) is 12.4 Å². The van der Waals surface area contributed by atoms with E-state index in [0.29, 0.717) is 0 Å². The lowest BCUT2D eigenvalue weighted by Crippen LogP contribution is -1.99. The number of aromatic nitrogens is 2. The zero-order valence-corrected chi connectivity index (χ0v) is 11.9. The van der Waals surface area contributed by atoms with Crippen LogP contribution >= 0.6 is 0 Å². The van der Waals surface area contributed by atoms with Gasteiger partial charge in [-0.25, -0.2) is 9.97 Å². The molecule has 0 bridgehead atoms. The highest BCUT2D eigenvalue weighted by Crippen LogP contribution is 2.25.